The van der Waals surface area contributed by atoms with Gasteiger partial charge in [0.15, 0.2) is 0 Å². The molecule has 0 aliphatic rings. The molecule has 2 aromatic carbocycles. The van der Waals surface area contributed by atoms with Crippen LogP contribution in [0.2, 0.25) is 0 Å². The van der Waals surface area contributed by atoms with Crippen molar-refractivity contribution in [1.82, 2.24) is 0 Å². The third kappa shape index (κ3) is 4.15. The zero-order valence-electron chi connectivity index (χ0n) is 12.9. The lowest BCUT2D eigenvalue weighted by Gasteiger charge is -2.21. The van der Waals surface area contributed by atoms with Crippen LogP contribution in [0, 0.1) is 0 Å². The minimum atomic E-state index is 0.285. The third-order valence-electron chi connectivity index (χ3n) is 3.47. The zero-order valence-corrected chi connectivity index (χ0v) is 12.9. The van der Waals surface area contributed by atoms with Crippen molar-refractivity contribution in [3.8, 4) is 11.5 Å². The summed E-state index contributed by atoms with van der Waals surface area (Å²) in [5.41, 5.74) is 2.30. The van der Waals surface area contributed by atoms with E-state index < -0.39 is 0 Å². The second-order valence-corrected chi connectivity index (χ2v) is 5.00. The van der Waals surface area contributed by atoms with Gasteiger partial charge in [-0.05, 0) is 12.0 Å². The van der Waals surface area contributed by atoms with Crippen molar-refractivity contribution in [3.05, 3.63) is 54.1 Å². The lowest BCUT2D eigenvalue weighted by Crippen LogP contribution is -2.10. The van der Waals surface area contributed by atoms with Gasteiger partial charge in [-0.25, -0.2) is 0 Å². The molecule has 0 saturated heterocycles. The Hall–Kier alpha value is -2.16. The number of nitrogens with one attached hydrogen (secondary N) is 1. The summed E-state index contributed by atoms with van der Waals surface area (Å²) in [6.45, 7) is 2.20. The van der Waals surface area contributed by atoms with E-state index in [1.807, 2.05) is 24.3 Å². The minimum Gasteiger partial charge on any atom is -0.497 e. The third-order valence-corrected chi connectivity index (χ3v) is 3.47. The van der Waals surface area contributed by atoms with Gasteiger partial charge in [0.05, 0.1) is 20.3 Å². The fourth-order valence-corrected chi connectivity index (χ4v) is 2.39. The maximum atomic E-state index is 5.32. The van der Waals surface area contributed by atoms with Gasteiger partial charge in [-0.1, -0.05) is 43.7 Å². The van der Waals surface area contributed by atoms with E-state index in [4.69, 9.17) is 9.47 Å². The Morgan fingerprint density at radius 3 is 2.10 bits per heavy atom. The predicted molar refractivity (Wildman–Crippen MR) is 87.3 cm³/mol. The molecule has 0 heterocycles. The van der Waals surface area contributed by atoms with Crippen LogP contribution in [0.5, 0.6) is 11.5 Å². The Labute approximate surface area is 126 Å². The van der Waals surface area contributed by atoms with Crippen molar-refractivity contribution in [2.75, 3.05) is 19.5 Å². The molecule has 1 N–H and O–H groups in total. The fourth-order valence-electron chi connectivity index (χ4n) is 2.39. The monoisotopic (exact) mass is 285 g/mol. The molecule has 3 nitrogen and oxygen atoms in total. The van der Waals surface area contributed by atoms with E-state index in [9.17, 15) is 0 Å². The summed E-state index contributed by atoms with van der Waals surface area (Å²) in [6.07, 6.45) is 2.19. The molecular weight excluding hydrogens is 262 g/mol. The van der Waals surface area contributed by atoms with E-state index in [1.54, 1.807) is 14.2 Å². The first kappa shape index (κ1) is 15.2. The maximum Gasteiger partial charge on any atom is 0.124 e. The highest BCUT2D eigenvalue weighted by Crippen LogP contribution is 2.30. The van der Waals surface area contributed by atoms with Gasteiger partial charge in [-0.3, -0.25) is 0 Å². The molecule has 0 radical (unpaired) electrons. The van der Waals surface area contributed by atoms with Crippen LogP contribution in [0.1, 0.15) is 31.4 Å². The lowest BCUT2D eigenvalue weighted by molar-refractivity contribution is 0.394. The molecule has 0 spiro atoms. The highest BCUT2D eigenvalue weighted by Gasteiger charge is 2.11. The molecule has 112 valence electrons. The minimum absolute atomic E-state index is 0.285. The standard InChI is InChI=1S/C18H23NO2/c1-4-8-18(14-9-6-5-7-10-14)19-15-11-16(20-2)13-17(12-15)21-3/h5-7,9-13,18-19H,4,8H2,1-3H3. The van der Waals surface area contributed by atoms with Crippen LogP contribution in [0.15, 0.2) is 48.5 Å². The molecule has 21 heavy (non-hydrogen) atoms. The molecule has 0 aliphatic heterocycles. The zero-order chi connectivity index (χ0) is 15.1. The normalized spacial score (nSPS) is 11.8. The van der Waals surface area contributed by atoms with Gasteiger partial charge >= 0.3 is 0 Å². The van der Waals surface area contributed by atoms with Gasteiger partial charge in [0, 0.05) is 23.9 Å². The second-order valence-electron chi connectivity index (χ2n) is 5.00. The van der Waals surface area contributed by atoms with Crippen molar-refractivity contribution in [1.29, 1.82) is 0 Å². The summed E-state index contributed by atoms with van der Waals surface area (Å²) in [6, 6.07) is 16.7. The molecular formula is C18H23NO2. The largest absolute Gasteiger partial charge is 0.497 e. The molecule has 2 aromatic rings. The number of hydrogen-bond acceptors (Lipinski definition) is 3. The quantitative estimate of drug-likeness (QED) is 0.802. The molecule has 0 fully saturated rings. The van der Waals surface area contributed by atoms with Gasteiger partial charge in [-0.2, -0.15) is 0 Å². The summed E-state index contributed by atoms with van der Waals surface area (Å²) in [7, 11) is 3.33. The van der Waals surface area contributed by atoms with E-state index in [-0.39, 0.29) is 6.04 Å². The first-order valence-corrected chi connectivity index (χ1v) is 7.31. The fraction of sp³-hybridized carbons (Fsp3) is 0.333. The van der Waals surface area contributed by atoms with Crippen LogP contribution in [0.25, 0.3) is 0 Å². The Balaban J connectivity index is 2.24. The van der Waals surface area contributed by atoms with Crippen LogP contribution >= 0.6 is 0 Å². The van der Waals surface area contributed by atoms with E-state index in [2.05, 4.69) is 36.5 Å². The van der Waals surface area contributed by atoms with E-state index >= 15 is 0 Å². The van der Waals surface area contributed by atoms with Crippen molar-refractivity contribution >= 4 is 5.69 Å². The lowest BCUT2D eigenvalue weighted by atomic mass is 10.0. The van der Waals surface area contributed by atoms with Gasteiger partial charge in [0.1, 0.15) is 11.5 Å². The van der Waals surface area contributed by atoms with Crippen LogP contribution in [0.3, 0.4) is 0 Å². The number of hydrogen-bond donors (Lipinski definition) is 1. The predicted octanol–water partition coefficient (Wildman–Crippen LogP) is 4.66. The highest BCUT2D eigenvalue weighted by molar-refractivity contribution is 5.55. The van der Waals surface area contributed by atoms with Gasteiger partial charge < -0.3 is 14.8 Å². The van der Waals surface area contributed by atoms with Crippen molar-refractivity contribution in [3.63, 3.8) is 0 Å². The Morgan fingerprint density at radius 1 is 0.952 bits per heavy atom. The van der Waals surface area contributed by atoms with Gasteiger partial charge in [-0.15, -0.1) is 0 Å². The summed E-state index contributed by atoms with van der Waals surface area (Å²) in [4.78, 5) is 0. The Morgan fingerprint density at radius 2 is 1.57 bits per heavy atom. The second kappa shape index (κ2) is 7.58. The Bertz CT molecular complexity index is 532. The molecule has 0 amide bonds. The number of benzene rings is 2. The van der Waals surface area contributed by atoms with Crippen LogP contribution in [-0.4, -0.2) is 14.2 Å². The van der Waals surface area contributed by atoms with Gasteiger partial charge in [0.2, 0.25) is 0 Å². The first-order valence-electron chi connectivity index (χ1n) is 7.31. The molecule has 0 saturated carbocycles. The topological polar surface area (TPSA) is 30.5 Å². The van der Waals surface area contributed by atoms with Crippen molar-refractivity contribution in [2.24, 2.45) is 0 Å². The average Bonchev–Trinajstić information content (AvgIpc) is 2.55. The number of methoxy groups -OCH3 is 2. The molecule has 2 rings (SSSR count). The van der Waals surface area contributed by atoms with Crippen molar-refractivity contribution in [2.45, 2.75) is 25.8 Å². The Kier molecular flexibility index (Phi) is 5.50. The molecule has 0 bridgehead atoms. The maximum absolute atomic E-state index is 5.32. The molecule has 1 unspecified atom stereocenters. The van der Waals surface area contributed by atoms with Crippen LogP contribution in [0.4, 0.5) is 5.69 Å². The SMILES string of the molecule is CCCC(Nc1cc(OC)cc(OC)c1)c1ccccc1. The van der Waals surface area contributed by atoms with E-state index in [1.165, 1.54) is 5.56 Å². The van der Waals surface area contributed by atoms with E-state index in [0.717, 1.165) is 30.0 Å². The van der Waals surface area contributed by atoms with Gasteiger partial charge in [0.25, 0.3) is 0 Å². The van der Waals surface area contributed by atoms with Crippen LogP contribution < -0.4 is 14.8 Å². The van der Waals surface area contributed by atoms with Crippen molar-refractivity contribution < 1.29 is 9.47 Å². The van der Waals surface area contributed by atoms with E-state index in [0.29, 0.717) is 0 Å². The number of rotatable bonds is 7. The summed E-state index contributed by atoms with van der Waals surface area (Å²) in [5.74, 6) is 1.58. The molecule has 3 heteroatoms. The average molecular weight is 285 g/mol. The summed E-state index contributed by atoms with van der Waals surface area (Å²) >= 11 is 0. The highest BCUT2D eigenvalue weighted by atomic mass is 16.5. The smallest absolute Gasteiger partial charge is 0.124 e. The van der Waals surface area contributed by atoms with Crippen LogP contribution in [-0.2, 0) is 0 Å². The first-order chi connectivity index (χ1) is 10.3. The molecule has 0 aromatic heterocycles. The number of ether oxygens (including phenoxy) is 2. The summed E-state index contributed by atoms with van der Waals surface area (Å²) < 4.78 is 10.6. The molecule has 1 atom stereocenters. The number of anilines is 1. The molecule has 0 aliphatic carbocycles. The summed E-state index contributed by atoms with van der Waals surface area (Å²) in [5, 5.41) is 3.59.